The summed E-state index contributed by atoms with van der Waals surface area (Å²) in [5, 5.41) is 7.79. The summed E-state index contributed by atoms with van der Waals surface area (Å²) in [7, 11) is -3.99. The zero-order chi connectivity index (χ0) is 23.6. The number of carbonyl (C=O) groups is 2. The molecule has 0 radical (unpaired) electrons. The monoisotopic (exact) mass is 458 g/mol. The van der Waals surface area contributed by atoms with Crippen LogP contribution < -0.4 is 10.9 Å². The summed E-state index contributed by atoms with van der Waals surface area (Å²) in [6, 6.07) is 16.8. The third-order valence-corrected chi connectivity index (χ3v) is 5.84. The number of benzene rings is 2. The van der Waals surface area contributed by atoms with Crippen LogP contribution in [0.2, 0.25) is 0 Å². The minimum absolute atomic E-state index is 0.266. The van der Waals surface area contributed by atoms with Gasteiger partial charge in [0.1, 0.15) is 0 Å². The summed E-state index contributed by atoms with van der Waals surface area (Å²) in [4.78, 5) is 24.6. The van der Waals surface area contributed by atoms with E-state index in [0.717, 1.165) is 6.21 Å². The first-order chi connectivity index (χ1) is 15.2. The number of hydrogen-bond donors (Lipinski definition) is 2. The van der Waals surface area contributed by atoms with Gasteiger partial charge in [-0.25, -0.2) is 10.9 Å². The van der Waals surface area contributed by atoms with Crippen LogP contribution in [0.25, 0.3) is 0 Å². The number of rotatable bonds is 10. The summed E-state index contributed by atoms with van der Waals surface area (Å²) in [5.74, 6) is -0.996. The van der Waals surface area contributed by atoms with Crippen LogP contribution in [0.3, 0.4) is 0 Å². The van der Waals surface area contributed by atoms with E-state index in [1.165, 1.54) is 0 Å². The van der Waals surface area contributed by atoms with Crippen LogP contribution in [0.15, 0.2) is 70.9 Å². The van der Waals surface area contributed by atoms with E-state index in [1.54, 1.807) is 88.4 Å². The van der Waals surface area contributed by atoms with Crippen molar-refractivity contribution in [2.75, 3.05) is 0 Å². The maximum Gasteiger partial charge on any atom is 0.383 e. The molecule has 0 aliphatic rings. The molecule has 0 saturated heterocycles. The molecule has 0 saturated carbocycles. The molecule has 0 aromatic heterocycles. The highest BCUT2D eigenvalue weighted by Gasteiger charge is 2.34. The second-order valence-corrected chi connectivity index (χ2v) is 9.02. The number of hydrazone groups is 2. The first-order valence-electron chi connectivity index (χ1n) is 10.00. The summed E-state index contributed by atoms with van der Waals surface area (Å²) in [5.41, 5.74) is 5.15. The summed E-state index contributed by atoms with van der Waals surface area (Å²) < 4.78 is 24.6. The molecule has 2 aromatic rings. The Morgan fingerprint density at radius 1 is 0.812 bits per heavy atom. The molecule has 0 fully saturated rings. The zero-order valence-electron chi connectivity index (χ0n) is 18.4. The van der Waals surface area contributed by atoms with Crippen LogP contribution in [-0.4, -0.2) is 35.7 Å². The van der Waals surface area contributed by atoms with E-state index in [2.05, 4.69) is 21.1 Å². The molecule has 2 rings (SSSR count). The van der Waals surface area contributed by atoms with E-state index in [0.29, 0.717) is 11.1 Å². The van der Waals surface area contributed by atoms with Crippen LogP contribution in [0, 0.1) is 0 Å². The van der Waals surface area contributed by atoms with E-state index < -0.39 is 31.6 Å². The van der Waals surface area contributed by atoms with Gasteiger partial charge in [-0.1, -0.05) is 36.4 Å². The highest BCUT2D eigenvalue weighted by atomic mass is 31.2. The van der Waals surface area contributed by atoms with Gasteiger partial charge in [-0.2, -0.15) is 10.2 Å². The highest BCUT2D eigenvalue weighted by molar-refractivity contribution is 7.75. The molecule has 0 atom stereocenters. The maximum atomic E-state index is 13.5. The fraction of sp³-hybridized carbons (Fsp3) is 0.273. The summed E-state index contributed by atoms with van der Waals surface area (Å²) >= 11 is 0. The second kappa shape index (κ2) is 12.0. The first kappa shape index (κ1) is 25.1. The second-order valence-electron chi connectivity index (χ2n) is 7.15. The van der Waals surface area contributed by atoms with Gasteiger partial charge < -0.3 is 9.05 Å². The van der Waals surface area contributed by atoms with Gasteiger partial charge in [0.15, 0.2) is 5.45 Å². The van der Waals surface area contributed by atoms with Gasteiger partial charge in [-0.3, -0.25) is 14.2 Å². The Morgan fingerprint density at radius 2 is 1.25 bits per heavy atom. The SMILES string of the molecule is CC(C)OP(=O)(OC(C)C)C(/C=N\NC(=O)c1ccccc1)=N\NC(=O)c1ccccc1. The van der Waals surface area contributed by atoms with Gasteiger partial charge in [0.2, 0.25) is 0 Å². The average molecular weight is 458 g/mol. The Morgan fingerprint density at radius 3 is 1.69 bits per heavy atom. The zero-order valence-corrected chi connectivity index (χ0v) is 19.3. The Balaban J connectivity index is 2.30. The minimum atomic E-state index is -3.99. The lowest BCUT2D eigenvalue weighted by Crippen LogP contribution is -2.24. The van der Waals surface area contributed by atoms with E-state index in [-0.39, 0.29) is 5.45 Å². The highest BCUT2D eigenvalue weighted by Crippen LogP contribution is 2.51. The fourth-order valence-electron chi connectivity index (χ4n) is 2.41. The van der Waals surface area contributed by atoms with Gasteiger partial charge in [0.25, 0.3) is 11.8 Å². The number of hydrogen-bond acceptors (Lipinski definition) is 7. The Kier molecular flexibility index (Phi) is 9.46. The summed E-state index contributed by atoms with van der Waals surface area (Å²) in [6.07, 6.45) is 0.0984. The molecule has 0 bridgehead atoms. The smallest absolute Gasteiger partial charge is 0.301 e. The van der Waals surface area contributed by atoms with E-state index in [1.807, 2.05) is 0 Å². The van der Waals surface area contributed by atoms with Crippen molar-refractivity contribution in [1.29, 1.82) is 0 Å². The van der Waals surface area contributed by atoms with E-state index >= 15 is 0 Å². The molecule has 2 amide bonds. The van der Waals surface area contributed by atoms with Crippen molar-refractivity contribution in [2.45, 2.75) is 39.9 Å². The van der Waals surface area contributed by atoms with Crippen molar-refractivity contribution in [2.24, 2.45) is 10.2 Å². The van der Waals surface area contributed by atoms with Gasteiger partial charge in [-0.15, -0.1) is 0 Å². The van der Waals surface area contributed by atoms with Crippen LogP contribution in [-0.2, 0) is 13.6 Å². The number of amides is 2. The largest absolute Gasteiger partial charge is 0.383 e. The predicted octanol–water partition coefficient (Wildman–Crippen LogP) is 4.19. The standard InChI is InChI=1S/C22H27N4O5P/c1-16(2)30-32(29,31-17(3)4)20(24-26-22(28)19-13-9-6-10-14-19)15-23-25-21(27)18-11-7-5-8-12-18/h5-17H,1-4H3,(H,25,27)(H,26,28)/b23-15-,24-20-. The Bertz CT molecular complexity index is 993. The number of nitrogens with one attached hydrogen (secondary N) is 2. The molecular formula is C22H27N4O5P. The predicted molar refractivity (Wildman–Crippen MR) is 124 cm³/mol. The molecular weight excluding hydrogens is 431 g/mol. The third-order valence-electron chi connectivity index (χ3n) is 3.67. The lowest BCUT2D eigenvalue weighted by Gasteiger charge is -2.22. The van der Waals surface area contributed by atoms with Crippen molar-refractivity contribution < 1.29 is 23.2 Å². The summed E-state index contributed by atoms with van der Waals surface area (Å²) in [6.45, 7) is 6.74. The Labute approximate surface area is 187 Å². The van der Waals surface area contributed by atoms with Gasteiger partial charge in [-0.05, 0) is 52.0 Å². The molecule has 0 unspecified atom stereocenters. The quantitative estimate of drug-likeness (QED) is 0.314. The molecule has 0 aliphatic heterocycles. The topological polar surface area (TPSA) is 118 Å². The fourth-order valence-corrected chi connectivity index (χ4v) is 4.16. The van der Waals surface area contributed by atoms with Crippen molar-refractivity contribution in [3.63, 3.8) is 0 Å². The molecule has 2 N–H and O–H groups in total. The molecule has 0 aliphatic carbocycles. The molecule has 0 heterocycles. The minimum Gasteiger partial charge on any atom is -0.301 e. The van der Waals surface area contributed by atoms with Crippen LogP contribution in [0.1, 0.15) is 48.4 Å². The van der Waals surface area contributed by atoms with Crippen LogP contribution in [0.4, 0.5) is 0 Å². The number of nitrogens with zero attached hydrogens (tertiary/aromatic N) is 2. The molecule has 32 heavy (non-hydrogen) atoms. The number of carbonyl (C=O) groups excluding carboxylic acids is 2. The maximum absolute atomic E-state index is 13.5. The third kappa shape index (κ3) is 7.85. The van der Waals surface area contributed by atoms with Gasteiger partial charge in [0.05, 0.1) is 18.4 Å². The molecule has 0 spiro atoms. The molecule has 170 valence electrons. The van der Waals surface area contributed by atoms with Crippen LogP contribution >= 0.6 is 7.60 Å². The van der Waals surface area contributed by atoms with E-state index in [4.69, 9.17) is 9.05 Å². The molecule has 10 heteroatoms. The molecule has 2 aromatic carbocycles. The van der Waals surface area contributed by atoms with E-state index in [9.17, 15) is 14.2 Å². The van der Waals surface area contributed by atoms with Crippen molar-refractivity contribution in [3.8, 4) is 0 Å². The van der Waals surface area contributed by atoms with Crippen molar-refractivity contribution >= 4 is 31.1 Å². The first-order valence-corrected chi connectivity index (χ1v) is 11.5. The van der Waals surface area contributed by atoms with Crippen molar-refractivity contribution in [1.82, 2.24) is 10.9 Å². The lowest BCUT2D eigenvalue weighted by molar-refractivity contribution is 0.0946. The lowest BCUT2D eigenvalue weighted by atomic mass is 10.2. The normalized spacial score (nSPS) is 12.4. The van der Waals surface area contributed by atoms with Gasteiger partial charge >= 0.3 is 7.60 Å². The van der Waals surface area contributed by atoms with Crippen LogP contribution in [0.5, 0.6) is 0 Å². The average Bonchev–Trinajstić information content (AvgIpc) is 2.75. The van der Waals surface area contributed by atoms with Crippen molar-refractivity contribution in [3.05, 3.63) is 71.8 Å². The molecule has 9 nitrogen and oxygen atoms in total. The Hall–Kier alpha value is -3.13. The van der Waals surface area contributed by atoms with Gasteiger partial charge in [0, 0.05) is 11.1 Å².